The first-order valence-electron chi connectivity index (χ1n) is 3.36. The topological polar surface area (TPSA) is 43.1 Å². The second-order valence-corrected chi connectivity index (χ2v) is 13.4. The summed E-state index contributed by atoms with van der Waals surface area (Å²) in [5, 5.41) is 5.52. The van der Waals surface area contributed by atoms with Gasteiger partial charge in [-0.15, -0.1) is 0 Å². The molecule has 2 nitrogen and oxygen atoms in total. The predicted octanol–water partition coefficient (Wildman–Crippen LogP) is 1.61. The summed E-state index contributed by atoms with van der Waals surface area (Å²) in [7, 11) is -2.84. The van der Waals surface area contributed by atoms with Crippen LogP contribution in [0.15, 0.2) is 0 Å². The lowest BCUT2D eigenvalue weighted by molar-refractivity contribution is 0.683. The SMILES string of the molecule is CC(C)(C)[Si](C)(C)S(N)=O. The molecule has 10 heavy (non-hydrogen) atoms. The van der Waals surface area contributed by atoms with Crippen LogP contribution in [-0.4, -0.2) is 11.4 Å². The molecule has 0 amide bonds. The third-order valence-corrected chi connectivity index (χ3v) is 11.8. The van der Waals surface area contributed by atoms with E-state index in [0.717, 1.165) is 0 Å². The maximum Gasteiger partial charge on any atom is 0.177 e. The molecule has 0 bridgehead atoms. The molecule has 0 aliphatic carbocycles. The average molecular weight is 179 g/mol. The first-order valence-corrected chi connectivity index (χ1v) is 8.29. The van der Waals surface area contributed by atoms with Gasteiger partial charge in [0.15, 0.2) is 7.22 Å². The van der Waals surface area contributed by atoms with Crippen LogP contribution in [0.3, 0.4) is 0 Å². The van der Waals surface area contributed by atoms with E-state index in [9.17, 15) is 4.21 Å². The van der Waals surface area contributed by atoms with Crippen LogP contribution in [0.1, 0.15) is 20.8 Å². The summed E-state index contributed by atoms with van der Waals surface area (Å²) in [6, 6.07) is 0. The molecule has 0 aromatic rings. The van der Waals surface area contributed by atoms with Gasteiger partial charge in [-0.2, -0.15) is 0 Å². The Hall–Kier alpha value is 0.327. The molecule has 4 heteroatoms. The van der Waals surface area contributed by atoms with Gasteiger partial charge in [0, 0.05) is 0 Å². The molecule has 0 rings (SSSR count). The number of hydrogen-bond acceptors (Lipinski definition) is 1. The number of nitrogens with two attached hydrogens (primary N) is 1. The van der Waals surface area contributed by atoms with Gasteiger partial charge >= 0.3 is 0 Å². The first kappa shape index (κ1) is 10.3. The van der Waals surface area contributed by atoms with Crippen molar-refractivity contribution < 1.29 is 4.21 Å². The quantitative estimate of drug-likeness (QED) is 0.611. The van der Waals surface area contributed by atoms with Crippen LogP contribution in [-0.2, 0) is 10.4 Å². The van der Waals surface area contributed by atoms with Gasteiger partial charge in [-0.05, 0) is 5.04 Å². The van der Waals surface area contributed by atoms with Crippen LogP contribution in [0.25, 0.3) is 0 Å². The van der Waals surface area contributed by atoms with E-state index in [1.54, 1.807) is 0 Å². The molecule has 0 aromatic carbocycles. The summed E-state index contributed by atoms with van der Waals surface area (Å²) in [5.74, 6) is 0. The van der Waals surface area contributed by atoms with Crippen molar-refractivity contribution in [1.29, 1.82) is 0 Å². The van der Waals surface area contributed by atoms with Gasteiger partial charge in [0.1, 0.15) is 0 Å². The molecule has 0 saturated heterocycles. The average Bonchev–Trinajstić information content (AvgIpc) is 1.62. The Morgan fingerprint density at radius 2 is 1.60 bits per heavy atom. The Kier molecular flexibility index (Phi) is 2.84. The van der Waals surface area contributed by atoms with Gasteiger partial charge in [-0.1, -0.05) is 33.9 Å². The Balaban J connectivity index is 4.57. The van der Waals surface area contributed by atoms with E-state index in [-0.39, 0.29) is 5.04 Å². The minimum Gasteiger partial charge on any atom is -0.258 e. The standard InChI is InChI=1S/C6H17NOSSi/c1-6(2,3)10(4,5)9(7)8/h7H2,1-5H3. The van der Waals surface area contributed by atoms with Gasteiger partial charge in [0.25, 0.3) is 0 Å². The van der Waals surface area contributed by atoms with E-state index in [1.807, 2.05) is 0 Å². The largest absolute Gasteiger partial charge is 0.258 e. The maximum atomic E-state index is 11.1. The lowest BCUT2D eigenvalue weighted by atomic mass is 10.2. The van der Waals surface area contributed by atoms with Crippen LogP contribution in [0.4, 0.5) is 0 Å². The van der Waals surface area contributed by atoms with Crippen molar-refractivity contribution in [2.24, 2.45) is 5.14 Å². The second kappa shape index (κ2) is 2.75. The molecular weight excluding hydrogens is 162 g/mol. The van der Waals surface area contributed by atoms with Crippen molar-refractivity contribution in [3.63, 3.8) is 0 Å². The highest BCUT2D eigenvalue weighted by molar-refractivity contribution is 8.15. The van der Waals surface area contributed by atoms with Crippen molar-refractivity contribution in [2.75, 3.05) is 0 Å². The molecule has 1 atom stereocenters. The Morgan fingerprint density at radius 3 is 1.60 bits per heavy atom. The highest BCUT2D eigenvalue weighted by Gasteiger charge is 2.40. The zero-order chi connectivity index (χ0) is 8.58. The summed E-state index contributed by atoms with van der Waals surface area (Å²) in [6.45, 7) is 10.4. The molecule has 0 aliphatic heterocycles. The summed E-state index contributed by atoms with van der Waals surface area (Å²) in [5.41, 5.74) is 0. The highest BCUT2D eigenvalue weighted by Crippen LogP contribution is 2.36. The predicted molar refractivity (Wildman–Crippen MR) is 49.5 cm³/mol. The molecule has 0 fully saturated rings. The van der Waals surface area contributed by atoms with E-state index in [4.69, 9.17) is 5.14 Å². The third kappa shape index (κ3) is 1.90. The summed E-state index contributed by atoms with van der Waals surface area (Å²) >= 11 is 0. The summed E-state index contributed by atoms with van der Waals surface area (Å²) < 4.78 is 11.1. The lowest BCUT2D eigenvalue weighted by Gasteiger charge is -2.33. The fourth-order valence-electron chi connectivity index (χ4n) is 0.302. The Labute approximate surface area is 66.4 Å². The fourth-order valence-corrected chi connectivity index (χ4v) is 2.72. The normalized spacial score (nSPS) is 17.0. The van der Waals surface area contributed by atoms with Crippen molar-refractivity contribution in [3.05, 3.63) is 0 Å². The zero-order valence-corrected chi connectivity index (χ0v) is 9.21. The van der Waals surface area contributed by atoms with Gasteiger partial charge in [0.05, 0.1) is 10.4 Å². The van der Waals surface area contributed by atoms with Crippen molar-refractivity contribution >= 4 is 17.7 Å². The molecule has 0 saturated carbocycles. The zero-order valence-electron chi connectivity index (χ0n) is 7.39. The second-order valence-electron chi connectivity index (χ2n) is 4.06. The fraction of sp³-hybridized carbons (Fsp3) is 1.00. The summed E-state index contributed by atoms with van der Waals surface area (Å²) in [4.78, 5) is 0. The van der Waals surface area contributed by atoms with Crippen LogP contribution in [0.2, 0.25) is 18.1 Å². The van der Waals surface area contributed by atoms with E-state index in [1.165, 1.54) is 0 Å². The molecule has 0 aromatic heterocycles. The van der Waals surface area contributed by atoms with Crippen LogP contribution in [0.5, 0.6) is 0 Å². The van der Waals surface area contributed by atoms with Crippen LogP contribution >= 0.6 is 0 Å². The lowest BCUT2D eigenvalue weighted by Crippen LogP contribution is -2.45. The van der Waals surface area contributed by atoms with Gasteiger partial charge in [-0.25, -0.2) is 0 Å². The first-order chi connectivity index (χ1) is 4.19. The van der Waals surface area contributed by atoms with E-state index < -0.39 is 17.7 Å². The molecule has 2 N–H and O–H groups in total. The molecule has 0 radical (unpaired) electrons. The molecule has 0 aliphatic rings. The smallest absolute Gasteiger partial charge is 0.177 e. The van der Waals surface area contributed by atoms with Crippen molar-refractivity contribution in [1.82, 2.24) is 0 Å². The Bertz CT molecular complexity index is 150. The summed E-state index contributed by atoms with van der Waals surface area (Å²) in [6.07, 6.45) is 0. The molecule has 0 heterocycles. The number of rotatable bonds is 1. The highest BCUT2D eigenvalue weighted by atomic mass is 32.4. The van der Waals surface area contributed by atoms with E-state index in [2.05, 4.69) is 33.9 Å². The minimum absolute atomic E-state index is 0.132. The van der Waals surface area contributed by atoms with Gasteiger partial charge in [-0.3, -0.25) is 9.35 Å². The van der Waals surface area contributed by atoms with Gasteiger partial charge in [0.2, 0.25) is 0 Å². The van der Waals surface area contributed by atoms with Crippen molar-refractivity contribution in [2.45, 2.75) is 38.9 Å². The van der Waals surface area contributed by atoms with Gasteiger partial charge < -0.3 is 0 Å². The van der Waals surface area contributed by atoms with Crippen LogP contribution < -0.4 is 5.14 Å². The Morgan fingerprint density at radius 1 is 1.30 bits per heavy atom. The molecular formula is C6H17NOSSi. The van der Waals surface area contributed by atoms with Crippen molar-refractivity contribution in [3.8, 4) is 0 Å². The molecule has 0 spiro atoms. The minimum atomic E-state index is -1.73. The maximum absolute atomic E-state index is 11.1. The van der Waals surface area contributed by atoms with E-state index >= 15 is 0 Å². The number of hydrogen-bond donors (Lipinski definition) is 1. The van der Waals surface area contributed by atoms with Crippen LogP contribution in [0, 0.1) is 0 Å². The monoisotopic (exact) mass is 179 g/mol. The molecule has 62 valence electrons. The molecule has 1 unspecified atom stereocenters. The third-order valence-electron chi connectivity index (χ3n) is 2.31. The van der Waals surface area contributed by atoms with E-state index in [0.29, 0.717) is 0 Å².